The normalized spacial score (nSPS) is 10.5. The van der Waals surface area contributed by atoms with Gasteiger partial charge in [0.2, 0.25) is 5.91 Å². The number of carbonyl (C=O) groups excluding carboxylic acids is 2. The Morgan fingerprint density at radius 2 is 1.86 bits per heavy atom. The van der Waals surface area contributed by atoms with Crippen molar-refractivity contribution in [2.75, 3.05) is 11.1 Å². The van der Waals surface area contributed by atoms with Crippen LogP contribution in [0.5, 0.6) is 0 Å². The van der Waals surface area contributed by atoms with Crippen molar-refractivity contribution in [3.8, 4) is 0 Å². The maximum Gasteiger partial charge on any atom is 0.257 e. The summed E-state index contributed by atoms with van der Waals surface area (Å²) >= 11 is 2.68. The Kier molecular flexibility index (Phi) is 5.20. The monoisotopic (exact) mass is 335 g/mol. The first kappa shape index (κ1) is 16.5. The van der Waals surface area contributed by atoms with Crippen molar-refractivity contribution >= 4 is 40.0 Å². The van der Waals surface area contributed by atoms with Crippen LogP contribution in [0.15, 0.2) is 22.4 Å². The lowest BCUT2D eigenvalue weighted by molar-refractivity contribution is -0.115. The molecule has 2 amide bonds. The number of amides is 2. The fourth-order valence-corrected chi connectivity index (χ4v) is 3.85. The zero-order valence-corrected chi connectivity index (χ0v) is 14.2. The third-order valence-electron chi connectivity index (χ3n) is 2.80. The van der Waals surface area contributed by atoms with Crippen molar-refractivity contribution in [1.29, 1.82) is 0 Å². The SMILES string of the molecule is Cc1cc(C)cc(C(=O)Nc2nc(C)c(SCC(N)=O)s2)c1. The molecule has 22 heavy (non-hydrogen) atoms. The van der Waals surface area contributed by atoms with E-state index in [4.69, 9.17) is 5.73 Å². The molecule has 0 radical (unpaired) electrons. The van der Waals surface area contributed by atoms with Crippen molar-refractivity contribution in [3.63, 3.8) is 0 Å². The number of primary amides is 1. The van der Waals surface area contributed by atoms with Crippen LogP contribution < -0.4 is 11.1 Å². The first-order valence-corrected chi connectivity index (χ1v) is 8.43. The maximum absolute atomic E-state index is 12.3. The quantitative estimate of drug-likeness (QED) is 0.823. The number of anilines is 1. The van der Waals surface area contributed by atoms with E-state index in [0.717, 1.165) is 21.0 Å². The van der Waals surface area contributed by atoms with Gasteiger partial charge in [-0.2, -0.15) is 0 Å². The average molecular weight is 335 g/mol. The number of rotatable bonds is 5. The van der Waals surface area contributed by atoms with Crippen molar-refractivity contribution in [1.82, 2.24) is 4.98 Å². The summed E-state index contributed by atoms with van der Waals surface area (Å²) in [6, 6.07) is 5.69. The summed E-state index contributed by atoms with van der Waals surface area (Å²) in [5, 5.41) is 3.32. The van der Waals surface area contributed by atoms with Gasteiger partial charge >= 0.3 is 0 Å². The number of nitrogens with two attached hydrogens (primary N) is 1. The highest BCUT2D eigenvalue weighted by molar-refractivity contribution is 8.01. The van der Waals surface area contributed by atoms with Crippen LogP contribution in [-0.4, -0.2) is 22.6 Å². The lowest BCUT2D eigenvalue weighted by Gasteiger charge is -2.04. The molecule has 0 aliphatic carbocycles. The largest absolute Gasteiger partial charge is 0.369 e. The molecule has 7 heteroatoms. The molecule has 3 N–H and O–H groups in total. The van der Waals surface area contributed by atoms with Gasteiger partial charge in [0.05, 0.1) is 15.7 Å². The van der Waals surface area contributed by atoms with Gasteiger partial charge in [0.1, 0.15) is 0 Å². The second-order valence-electron chi connectivity index (χ2n) is 4.98. The van der Waals surface area contributed by atoms with E-state index < -0.39 is 0 Å². The number of carbonyl (C=O) groups is 2. The van der Waals surface area contributed by atoms with Crippen LogP contribution in [0, 0.1) is 20.8 Å². The second-order valence-corrected chi connectivity index (χ2v) is 7.22. The molecule has 0 bridgehead atoms. The van der Waals surface area contributed by atoms with Crippen molar-refractivity contribution < 1.29 is 9.59 Å². The lowest BCUT2D eigenvalue weighted by atomic mass is 10.1. The third kappa shape index (κ3) is 4.32. The molecule has 1 aromatic heterocycles. The van der Waals surface area contributed by atoms with E-state index in [9.17, 15) is 9.59 Å². The lowest BCUT2D eigenvalue weighted by Crippen LogP contribution is -2.12. The van der Waals surface area contributed by atoms with Gasteiger partial charge in [0.15, 0.2) is 5.13 Å². The zero-order valence-electron chi connectivity index (χ0n) is 12.6. The Morgan fingerprint density at radius 1 is 1.23 bits per heavy atom. The van der Waals surface area contributed by atoms with Crippen LogP contribution in [0.3, 0.4) is 0 Å². The van der Waals surface area contributed by atoms with Gasteiger partial charge in [-0.25, -0.2) is 4.98 Å². The summed E-state index contributed by atoms with van der Waals surface area (Å²) < 4.78 is 0.884. The summed E-state index contributed by atoms with van der Waals surface area (Å²) in [6.45, 7) is 5.75. The molecule has 2 aromatic rings. The predicted octanol–water partition coefficient (Wildman–Crippen LogP) is 2.90. The Balaban J connectivity index is 2.11. The fraction of sp³-hybridized carbons (Fsp3) is 0.267. The van der Waals surface area contributed by atoms with Crippen molar-refractivity contribution in [2.45, 2.75) is 25.0 Å². The fourth-order valence-electron chi connectivity index (χ4n) is 1.98. The van der Waals surface area contributed by atoms with E-state index in [0.29, 0.717) is 10.7 Å². The number of hydrogen-bond acceptors (Lipinski definition) is 5. The van der Waals surface area contributed by atoms with Gasteiger partial charge < -0.3 is 5.73 Å². The Morgan fingerprint density at radius 3 is 2.45 bits per heavy atom. The van der Waals surface area contributed by atoms with E-state index in [1.54, 1.807) is 0 Å². The Hall–Kier alpha value is -1.86. The minimum absolute atomic E-state index is 0.188. The molecule has 0 spiro atoms. The number of thioether (sulfide) groups is 1. The molecule has 116 valence electrons. The molecule has 0 fully saturated rings. The van der Waals surface area contributed by atoms with Gasteiger partial charge in [0, 0.05) is 5.56 Å². The summed E-state index contributed by atoms with van der Waals surface area (Å²) in [7, 11) is 0. The van der Waals surface area contributed by atoms with Crippen LogP contribution in [0.4, 0.5) is 5.13 Å². The van der Waals surface area contributed by atoms with E-state index in [2.05, 4.69) is 10.3 Å². The van der Waals surface area contributed by atoms with E-state index in [1.165, 1.54) is 23.1 Å². The van der Waals surface area contributed by atoms with Crippen LogP contribution in [0.25, 0.3) is 0 Å². The van der Waals surface area contributed by atoms with Gasteiger partial charge in [-0.1, -0.05) is 28.5 Å². The van der Waals surface area contributed by atoms with Gasteiger partial charge in [-0.05, 0) is 32.9 Å². The number of benzene rings is 1. The number of hydrogen-bond donors (Lipinski definition) is 2. The van der Waals surface area contributed by atoms with Crippen LogP contribution in [-0.2, 0) is 4.79 Å². The molecule has 0 saturated carbocycles. The minimum Gasteiger partial charge on any atom is -0.369 e. The maximum atomic E-state index is 12.3. The zero-order chi connectivity index (χ0) is 16.3. The van der Waals surface area contributed by atoms with Crippen LogP contribution >= 0.6 is 23.1 Å². The molecule has 1 heterocycles. The number of aromatic nitrogens is 1. The minimum atomic E-state index is -0.376. The molecular weight excluding hydrogens is 318 g/mol. The highest BCUT2D eigenvalue weighted by Crippen LogP contribution is 2.32. The summed E-state index contributed by atoms with van der Waals surface area (Å²) in [6.07, 6.45) is 0. The smallest absolute Gasteiger partial charge is 0.257 e. The average Bonchev–Trinajstić information content (AvgIpc) is 2.75. The number of aryl methyl sites for hydroxylation is 3. The summed E-state index contributed by atoms with van der Waals surface area (Å²) in [4.78, 5) is 27.4. The van der Waals surface area contributed by atoms with E-state index in [-0.39, 0.29) is 17.6 Å². The van der Waals surface area contributed by atoms with Gasteiger partial charge in [-0.15, -0.1) is 11.8 Å². The molecule has 0 saturated heterocycles. The number of nitrogens with one attached hydrogen (secondary N) is 1. The first-order valence-electron chi connectivity index (χ1n) is 6.63. The number of nitrogens with zero attached hydrogens (tertiary/aromatic N) is 1. The third-order valence-corrected chi connectivity index (χ3v) is 5.26. The molecule has 0 atom stereocenters. The second kappa shape index (κ2) is 6.93. The van der Waals surface area contributed by atoms with Crippen molar-refractivity contribution in [3.05, 3.63) is 40.6 Å². The van der Waals surface area contributed by atoms with Gasteiger partial charge in [-0.3, -0.25) is 14.9 Å². The van der Waals surface area contributed by atoms with Gasteiger partial charge in [0.25, 0.3) is 5.91 Å². The highest BCUT2D eigenvalue weighted by atomic mass is 32.2. The predicted molar refractivity (Wildman–Crippen MR) is 90.6 cm³/mol. The first-order chi connectivity index (χ1) is 10.3. The van der Waals surface area contributed by atoms with Crippen LogP contribution in [0.2, 0.25) is 0 Å². The van der Waals surface area contributed by atoms with E-state index in [1.807, 2.05) is 39.0 Å². The Labute approximate surface area is 137 Å². The summed E-state index contributed by atoms with van der Waals surface area (Å²) in [5.74, 6) is -0.362. The molecule has 0 unspecified atom stereocenters. The Bertz CT molecular complexity index is 705. The summed E-state index contributed by atoms with van der Waals surface area (Å²) in [5.41, 5.74) is 8.61. The molecule has 2 rings (SSSR count). The van der Waals surface area contributed by atoms with E-state index >= 15 is 0 Å². The molecule has 5 nitrogen and oxygen atoms in total. The highest BCUT2D eigenvalue weighted by Gasteiger charge is 2.13. The topological polar surface area (TPSA) is 85.1 Å². The molecule has 1 aromatic carbocycles. The molecular formula is C15H17N3O2S2. The molecule has 0 aliphatic heterocycles. The molecule has 0 aliphatic rings. The standard InChI is InChI=1S/C15H17N3O2S2/c1-8-4-9(2)6-11(5-8)13(20)18-15-17-10(3)14(22-15)21-7-12(16)19/h4-6H,7H2,1-3H3,(H2,16,19)(H,17,18,20). The van der Waals surface area contributed by atoms with Crippen LogP contribution in [0.1, 0.15) is 27.2 Å². The van der Waals surface area contributed by atoms with Crippen molar-refractivity contribution in [2.24, 2.45) is 5.73 Å². The number of thiazole rings is 1.